The van der Waals surface area contributed by atoms with Crippen molar-refractivity contribution >= 4 is 60.8 Å². The molecule has 0 aliphatic rings. The van der Waals surface area contributed by atoms with Crippen molar-refractivity contribution in [2.75, 3.05) is 12.4 Å². The van der Waals surface area contributed by atoms with Crippen LogP contribution in [0.5, 0.6) is 5.75 Å². The highest BCUT2D eigenvalue weighted by molar-refractivity contribution is 9.13. The summed E-state index contributed by atoms with van der Waals surface area (Å²) in [4.78, 5) is 24.8. The molecule has 0 aliphatic heterocycles. The van der Waals surface area contributed by atoms with E-state index >= 15 is 0 Å². The maximum absolute atomic E-state index is 12.3. The summed E-state index contributed by atoms with van der Waals surface area (Å²) in [7, 11) is 1.52. The lowest BCUT2D eigenvalue weighted by atomic mass is 10.2. The fourth-order valence-electron chi connectivity index (χ4n) is 1.87. The van der Waals surface area contributed by atoms with E-state index in [4.69, 9.17) is 9.47 Å². The molecule has 2 rings (SSSR count). The predicted molar refractivity (Wildman–Crippen MR) is 101 cm³/mol. The summed E-state index contributed by atoms with van der Waals surface area (Å²) in [6, 6.07) is 7.08. The van der Waals surface area contributed by atoms with Gasteiger partial charge in [0, 0.05) is 4.47 Å². The molecule has 0 fully saturated rings. The van der Waals surface area contributed by atoms with Gasteiger partial charge in [0.15, 0.2) is 6.10 Å². The summed E-state index contributed by atoms with van der Waals surface area (Å²) in [5.74, 6) is -0.439. The minimum absolute atomic E-state index is 0.404. The number of ether oxygens (including phenoxy) is 2. The van der Waals surface area contributed by atoms with E-state index in [-0.39, 0.29) is 0 Å². The smallest absolute Gasteiger partial charge is 0.349 e. The van der Waals surface area contributed by atoms with Crippen molar-refractivity contribution in [3.8, 4) is 5.75 Å². The highest BCUT2D eigenvalue weighted by atomic mass is 79.9. The number of esters is 1. The molecule has 0 saturated heterocycles. The van der Waals surface area contributed by atoms with E-state index < -0.39 is 18.0 Å². The van der Waals surface area contributed by atoms with Gasteiger partial charge in [0.2, 0.25) is 0 Å². The summed E-state index contributed by atoms with van der Waals surface area (Å²) >= 11 is 7.86. The number of anilines is 1. The molecule has 1 unspecified atom stereocenters. The van der Waals surface area contributed by atoms with Crippen molar-refractivity contribution in [2.24, 2.45) is 0 Å². The maximum atomic E-state index is 12.3. The second-order valence-electron chi connectivity index (χ2n) is 4.97. The first kappa shape index (κ1) is 19.0. The molecule has 128 valence electrons. The van der Waals surface area contributed by atoms with Gasteiger partial charge in [-0.05, 0) is 69.5 Å². The van der Waals surface area contributed by atoms with Crippen LogP contribution >= 0.6 is 43.2 Å². The van der Waals surface area contributed by atoms with E-state index in [1.165, 1.54) is 25.4 Å². The number of hydrogen-bond acceptors (Lipinski definition) is 5. The van der Waals surface area contributed by atoms with Gasteiger partial charge in [-0.15, -0.1) is 11.3 Å². The van der Waals surface area contributed by atoms with Crippen molar-refractivity contribution in [3.63, 3.8) is 0 Å². The fraction of sp³-hybridized carbons (Fsp3) is 0.250. The van der Waals surface area contributed by atoms with Gasteiger partial charge in [-0.2, -0.15) is 0 Å². The number of hydrogen-bond donors (Lipinski definition) is 1. The largest absolute Gasteiger partial charge is 0.495 e. The van der Waals surface area contributed by atoms with Gasteiger partial charge < -0.3 is 14.8 Å². The molecule has 1 amide bonds. The Labute approximate surface area is 160 Å². The second-order valence-corrected chi connectivity index (χ2v) is 8.20. The average molecular weight is 477 g/mol. The first-order valence-electron chi connectivity index (χ1n) is 6.93. The monoisotopic (exact) mass is 475 g/mol. The lowest BCUT2D eigenvalue weighted by Gasteiger charge is -2.15. The number of amides is 1. The third kappa shape index (κ3) is 4.58. The molecule has 0 aliphatic carbocycles. The van der Waals surface area contributed by atoms with Gasteiger partial charge in [-0.3, -0.25) is 4.79 Å². The summed E-state index contributed by atoms with van der Waals surface area (Å²) in [6.07, 6.45) is -0.942. The first-order chi connectivity index (χ1) is 11.3. The third-order valence-electron chi connectivity index (χ3n) is 3.11. The standard InChI is InChI=1S/C16H15Br2NO4S/c1-8-4-5-12(22-3)11(6-8)19-15(20)9(2)23-16(21)13-7-10(17)14(18)24-13/h4-7,9H,1-3H3,(H,19,20). The number of thiophene rings is 1. The number of carbonyl (C=O) groups excluding carboxylic acids is 2. The van der Waals surface area contributed by atoms with Crippen LogP contribution in [0, 0.1) is 6.92 Å². The molecule has 5 nitrogen and oxygen atoms in total. The van der Waals surface area contributed by atoms with Crippen LogP contribution in [0.15, 0.2) is 32.5 Å². The minimum Gasteiger partial charge on any atom is -0.495 e. The van der Waals surface area contributed by atoms with Crippen molar-refractivity contribution in [1.29, 1.82) is 0 Å². The minimum atomic E-state index is -0.942. The Hall–Kier alpha value is -1.38. The molecule has 1 N–H and O–H groups in total. The van der Waals surface area contributed by atoms with Gasteiger partial charge >= 0.3 is 5.97 Å². The van der Waals surface area contributed by atoms with Gasteiger partial charge in [-0.25, -0.2) is 4.79 Å². The van der Waals surface area contributed by atoms with Crippen LogP contribution < -0.4 is 10.1 Å². The number of carbonyl (C=O) groups is 2. The van der Waals surface area contributed by atoms with Crippen molar-refractivity contribution in [1.82, 2.24) is 0 Å². The topological polar surface area (TPSA) is 64.6 Å². The van der Waals surface area contributed by atoms with Gasteiger partial charge in [0.25, 0.3) is 5.91 Å². The van der Waals surface area contributed by atoms with Gasteiger partial charge in [-0.1, -0.05) is 6.07 Å². The van der Waals surface area contributed by atoms with Crippen LogP contribution in [0.3, 0.4) is 0 Å². The van der Waals surface area contributed by atoms with E-state index in [9.17, 15) is 9.59 Å². The normalized spacial score (nSPS) is 11.7. The van der Waals surface area contributed by atoms with Crippen LogP contribution in [0.1, 0.15) is 22.2 Å². The Balaban J connectivity index is 2.04. The zero-order chi connectivity index (χ0) is 17.9. The molecular weight excluding hydrogens is 462 g/mol. The van der Waals surface area contributed by atoms with Gasteiger partial charge in [0.05, 0.1) is 16.6 Å². The molecule has 1 aromatic carbocycles. The van der Waals surface area contributed by atoms with Crippen LogP contribution in [-0.4, -0.2) is 25.1 Å². The zero-order valence-corrected chi connectivity index (χ0v) is 17.2. The molecule has 8 heteroatoms. The molecule has 0 spiro atoms. The zero-order valence-electron chi connectivity index (χ0n) is 13.2. The Morgan fingerprint density at radius 1 is 1.25 bits per heavy atom. The molecule has 0 radical (unpaired) electrons. The Morgan fingerprint density at radius 3 is 2.54 bits per heavy atom. The molecule has 2 aromatic rings. The molecule has 0 saturated carbocycles. The van der Waals surface area contributed by atoms with E-state index in [2.05, 4.69) is 37.2 Å². The van der Waals surface area contributed by atoms with Crippen LogP contribution in [0.4, 0.5) is 5.69 Å². The van der Waals surface area contributed by atoms with E-state index in [1.807, 2.05) is 13.0 Å². The number of methoxy groups -OCH3 is 1. The SMILES string of the molecule is COc1ccc(C)cc1NC(=O)C(C)OC(=O)c1cc(Br)c(Br)s1. The Kier molecular flexibility index (Phi) is 6.42. The predicted octanol–water partition coefficient (Wildman–Crippen LogP) is 4.77. The summed E-state index contributed by atoms with van der Waals surface area (Å²) in [5, 5.41) is 2.72. The quantitative estimate of drug-likeness (QED) is 0.631. The maximum Gasteiger partial charge on any atom is 0.349 e. The first-order valence-corrected chi connectivity index (χ1v) is 9.33. The number of benzene rings is 1. The van der Waals surface area contributed by atoms with E-state index in [0.717, 1.165) is 13.8 Å². The molecule has 1 aromatic heterocycles. The number of halogens is 2. The fourth-order valence-corrected chi connectivity index (χ4v) is 3.79. The average Bonchev–Trinajstić information content (AvgIpc) is 2.87. The Bertz CT molecular complexity index is 756. The van der Waals surface area contributed by atoms with E-state index in [1.54, 1.807) is 18.2 Å². The molecule has 1 heterocycles. The van der Waals surface area contributed by atoms with Crippen molar-refractivity contribution < 1.29 is 19.1 Å². The van der Waals surface area contributed by atoms with Crippen LogP contribution in [0.25, 0.3) is 0 Å². The molecule has 24 heavy (non-hydrogen) atoms. The Morgan fingerprint density at radius 2 is 1.96 bits per heavy atom. The van der Waals surface area contributed by atoms with Crippen molar-refractivity contribution in [3.05, 3.63) is 43.0 Å². The highest BCUT2D eigenvalue weighted by Crippen LogP contribution is 2.33. The highest BCUT2D eigenvalue weighted by Gasteiger charge is 2.22. The van der Waals surface area contributed by atoms with E-state index in [0.29, 0.717) is 16.3 Å². The molecule has 1 atom stereocenters. The third-order valence-corrected chi connectivity index (χ3v) is 6.35. The summed E-state index contributed by atoms with van der Waals surface area (Å²) < 4.78 is 12.0. The summed E-state index contributed by atoms with van der Waals surface area (Å²) in [5.41, 5.74) is 1.51. The van der Waals surface area contributed by atoms with Gasteiger partial charge in [0.1, 0.15) is 10.6 Å². The molecular formula is C16H15Br2NO4S. The molecule has 0 bridgehead atoms. The lowest BCUT2D eigenvalue weighted by molar-refractivity contribution is -0.123. The van der Waals surface area contributed by atoms with Crippen LogP contribution in [-0.2, 0) is 9.53 Å². The van der Waals surface area contributed by atoms with Crippen molar-refractivity contribution in [2.45, 2.75) is 20.0 Å². The summed E-state index contributed by atoms with van der Waals surface area (Å²) in [6.45, 7) is 3.43. The number of nitrogens with one attached hydrogen (secondary N) is 1. The number of rotatable bonds is 5. The lowest BCUT2D eigenvalue weighted by Crippen LogP contribution is -2.30. The second kappa shape index (κ2) is 8.13. The number of aryl methyl sites for hydroxylation is 1. The van der Waals surface area contributed by atoms with Crippen LogP contribution in [0.2, 0.25) is 0 Å².